The molecule has 1 heterocycles. The Hall–Kier alpha value is -1.34. The quantitative estimate of drug-likeness (QED) is 0.438. The molecule has 0 N–H and O–H groups in total. The molecule has 0 unspecified atom stereocenters. The smallest absolute Gasteiger partial charge is 0.235 e. The van der Waals surface area contributed by atoms with Crippen LogP contribution in [-0.4, -0.2) is 10.6 Å². The van der Waals surface area contributed by atoms with E-state index in [-0.39, 0.29) is 0 Å². The lowest BCUT2D eigenvalue weighted by molar-refractivity contribution is 0.562. The number of hydrogen-bond acceptors (Lipinski definition) is 2. The second-order valence-electron chi connectivity index (χ2n) is 2.02. The Morgan fingerprint density at radius 3 is 3.10 bits per heavy atom. The first kappa shape index (κ1) is 6.78. The molecule has 0 amide bonds. The van der Waals surface area contributed by atoms with Crippen LogP contribution in [0.25, 0.3) is 0 Å². The Labute approximate surface area is 59.0 Å². The third-order valence-corrected chi connectivity index (χ3v) is 1.36. The first-order valence-corrected chi connectivity index (χ1v) is 2.98. The van der Waals surface area contributed by atoms with Gasteiger partial charge in [0.15, 0.2) is 0 Å². The second kappa shape index (κ2) is 2.99. The van der Waals surface area contributed by atoms with Crippen LogP contribution in [0.3, 0.4) is 0 Å². The van der Waals surface area contributed by atoms with Gasteiger partial charge in [-0.2, -0.15) is 4.99 Å². The van der Waals surface area contributed by atoms with Crippen molar-refractivity contribution in [1.82, 2.24) is 4.57 Å². The lowest BCUT2D eigenvalue weighted by Crippen LogP contribution is -1.91. The molecule has 0 bridgehead atoms. The number of aromatic nitrogens is 1. The van der Waals surface area contributed by atoms with Crippen LogP contribution in [0.5, 0.6) is 0 Å². The van der Waals surface area contributed by atoms with Crippen LogP contribution < -0.4 is 0 Å². The van der Waals surface area contributed by atoms with E-state index >= 15 is 0 Å². The van der Waals surface area contributed by atoms with Crippen molar-refractivity contribution in [3.8, 4) is 0 Å². The van der Waals surface area contributed by atoms with Crippen LogP contribution in [0.15, 0.2) is 23.3 Å². The Balaban J connectivity index is 2.74. The molecule has 0 saturated heterocycles. The van der Waals surface area contributed by atoms with E-state index in [2.05, 4.69) is 4.99 Å². The number of aliphatic imine (C=N–C) groups is 1. The van der Waals surface area contributed by atoms with Crippen molar-refractivity contribution in [3.63, 3.8) is 0 Å². The molecule has 0 aliphatic carbocycles. The normalized spacial score (nSPS) is 8.90. The molecule has 10 heavy (non-hydrogen) atoms. The lowest BCUT2D eigenvalue weighted by atomic mass is 10.4. The molecule has 0 aliphatic rings. The summed E-state index contributed by atoms with van der Waals surface area (Å²) >= 11 is 0. The van der Waals surface area contributed by atoms with E-state index in [0.717, 1.165) is 5.69 Å². The number of rotatable bonds is 2. The molecule has 3 nitrogen and oxygen atoms in total. The van der Waals surface area contributed by atoms with Crippen LogP contribution in [0.2, 0.25) is 0 Å². The van der Waals surface area contributed by atoms with E-state index in [9.17, 15) is 4.79 Å². The average Bonchev–Trinajstić information content (AvgIpc) is 2.31. The third kappa shape index (κ3) is 1.33. The number of hydrogen-bond donors (Lipinski definition) is 0. The van der Waals surface area contributed by atoms with E-state index in [0.29, 0.717) is 6.54 Å². The highest BCUT2D eigenvalue weighted by atomic mass is 16.1. The fourth-order valence-electron chi connectivity index (χ4n) is 0.774. The maximum absolute atomic E-state index is 9.71. The Kier molecular flexibility index (Phi) is 2.03. The van der Waals surface area contributed by atoms with E-state index in [1.54, 1.807) is 0 Å². The van der Waals surface area contributed by atoms with Crippen molar-refractivity contribution in [3.05, 3.63) is 24.0 Å². The molecule has 0 spiro atoms. The SMILES string of the molecule is Cn1cccc1CN=C=O. The largest absolute Gasteiger partial charge is 0.353 e. The number of nitrogens with zero attached hydrogens (tertiary/aromatic N) is 2. The van der Waals surface area contributed by atoms with Gasteiger partial charge in [0, 0.05) is 18.9 Å². The van der Waals surface area contributed by atoms with Crippen molar-refractivity contribution < 1.29 is 4.79 Å². The topological polar surface area (TPSA) is 34.4 Å². The van der Waals surface area contributed by atoms with Crippen LogP contribution in [0, 0.1) is 0 Å². The minimum atomic E-state index is 0.424. The molecule has 0 aromatic carbocycles. The second-order valence-corrected chi connectivity index (χ2v) is 2.02. The maximum atomic E-state index is 9.71. The first-order chi connectivity index (χ1) is 4.84. The van der Waals surface area contributed by atoms with Crippen molar-refractivity contribution >= 4 is 6.08 Å². The Morgan fingerprint density at radius 2 is 2.60 bits per heavy atom. The molecule has 0 radical (unpaired) electrons. The molecule has 1 aromatic heterocycles. The Bertz CT molecular complexity index is 258. The first-order valence-electron chi connectivity index (χ1n) is 2.98. The fourth-order valence-corrected chi connectivity index (χ4v) is 0.774. The van der Waals surface area contributed by atoms with Crippen molar-refractivity contribution in [2.75, 3.05) is 0 Å². The molecule has 3 heteroatoms. The van der Waals surface area contributed by atoms with Gasteiger partial charge in [0.25, 0.3) is 0 Å². The molecule has 1 aromatic rings. The summed E-state index contributed by atoms with van der Waals surface area (Å²) < 4.78 is 1.92. The molecule has 0 atom stereocenters. The number of isocyanates is 1. The summed E-state index contributed by atoms with van der Waals surface area (Å²) in [5.74, 6) is 0. The summed E-state index contributed by atoms with van der Waals surface area (Å²) in [5, 5.41) is 0. The maximum Gasteiger partial charge on any atom is 0.235 e. The van der Waals surface area contributed by atoms with E-state index in [1.807, 2.05) is 29.9 Å². The zero-order valence-corrected chi connectivity index (χ0v) is 5.74. The van der Waals surface area contributed by atoms with Gasteiger partial charge in [0.2, 0.25) is 6.08 Å². The van der Waals surface area contributed by atoms with Crippen LogP contribution in [0.1, 0.15) is 5.69 Å². The zero-order chi connectivity index (χ0) is 7.40. The summed E-state index contributed by atoms with van der Waals surface area (Å²) in [5.41, 5.74) is 1.02. The van der Waals surface area contributed by atoms with Gasteiger partial charge >= 0.3 is 0 Å². The number of aryl methyl sites for hydroxylation is 1. The van der Waals surface area contributed by atoms with Crippen molar-refractivity contribution in [2.45, 2.75) is 6.54 Å². The highest BCUT2D eigenvalue weighted by molar-refractivity contribution is 5.33. The van der Waals surface area contributed by atoms with Gasteiger partial charge in [-0.05, 0) is 12.1 Å². The van der Waals surface area contributed by atoms with Crippen molar-refractivity contribution in [2.24, 2.45) is 12.0 Å². The summed E-state index contributed by atoms with van der Waals surface area (Å²) in [6.07, 6.45) is 3.41. The third-order valence-electron chi connectivity index (χ3n) is 1.36. The molecule has 52 valence electrons. The monoisotopic (exact) mass is 136 g/mol. The molecular weight excluding hydrogens is 128 g/mol. The predicted molar refractivity (Wildman–Crippen MR) is 37.2 cm³/mol. The predicted octanol–water partition coefficient (Wildman–Crippen LogP) is 0.861. The van der Waals surface area contributed by atoms with E-state index in [4.69, 9.17) is 0 Å². The van der Waals surface area contributed by atoms with E-state index < -0.39 is 0 Å². The zero-order valence-electron chi connectivity index (χ0n) is 5.74. The Morgan fingerprint density at radius 1 is 1.80 bits per heavy atom. The molecule has 1 rings (SSSR count). The fraction of sp³-hybridized carbons (Fsp3) is 0.286. The molecule has 0 saturated carbocycles. The van der Waals surface area contributed by atoms with E-state index in [1.165, 1.54) is 6.08 Å². The standard InChI is InChI=1S/C7H8N2O/c1-9-4-2-3-7(9)5-8-6-10/h2-4H,5H2,1H3. The minimum Gasteiger partial charge on any atom is -0.353 e. The molecule has 0 fully saturated rings. The summed E-state index contributed by atoms with van der Waals surface area (Å²) in [7, 11) is 1.91. The van der Waals surface area contributed by atoms with Gasteiger partial charge in [-0.15, -0.1) is 0 Å². The van der Waals surface area contributed by atoms with Crippen molar-refractivity contribution in [1.29, 1.82) is 0 Å². The van der Waals surface area contributed by atoms with Crippen LogP contribution in [0.4, 0.5) is 0 Å². The van der Waals surface area contributed by atoms with Crippen LogP contribution >= 0.6 is 0 Å². The highest BCUT2D eigenvalue weighted by Gasteiger charge is 1.92. The molecule has 0 aliphatic heterocycles. The van der Waals surface area contributed by atoms with Gasteiger partial charge < -0.3 is 4.57 Å². The minimum absolute atomic E-state index is 0.424. The van der Waals surface area contributed by atoms with Gasteiger partial charge in [0.1, 0.15) is 0 Å². The summed E-state index contributed by atoms with van der Waals surface area (Å²) in [6, 6.07) is 3.83. The lowest BCUT2D eigenvalue weighted by Gasteiger charge is -1.94. The summed E-state index contributed by atoms with van der Waals surface area (Å²) in [4.78, 5) is 13.2. The average molecular weight is 136 g/mol. The van der Waals surface area contributed by atoms with Gasteiger partial charge in [-0.25, -0.2) is 4.79 Å². The molecular formula is C7H8N2O. The highest BCUT2D eigenvalue weighted by Crippen LogP contribution is 1.99. The summed E-state index contributed by atoms with van der Waals surface area (Å²) in [6.45, 7) is 0.424. The van der Waals surface area contributed by atoms with Gasteiger partial charge in [-0.3, -0.25) is 0 Å². The van der Waals surface area contributed by atoms with Crippen LogP contribution in [-0.2, 0) is 18.4 Å². The van der Waals surface area contributed by atoms with Gasteiger partial charge in [-0.1, -0.05) is 0 Å². The number of carbonyl (C=O) groups excluding carboxylic acids is 1. The van der Waals surface area contributed by atoms with Gasteiger partial charge in [0.05, 0.1) is 6.54 Å².